The molecule has 1 rings (SSSR count). The van der Waals surface area contributed by atoms with Crippen LogP contribution >= 0.6 is 11.8 Å². The van der Waals surface area contributed by atoms with Crippen molar-refractivity contribution < 1.29 is 0 Å². The highest BCUT2D eigenvalue weighted by molar-refractivity contribution is 7.99. The van der Waals surface area contributed by atoms with Crippen LogP contribution < -0.4 is 5.73 Å². The molecule has 5 heteroatoms. The zero-order valence-corrected chi connectivity index (χ0v) is 11.5. The third-order valence-electron chi connectivity index (χ3n) is 2.68. The summed E-state index contributed by atoms with van der Waals surface area (Å²) in [7, 11) is 0. The number of nitrogens with one attached hydrogen (secondary N) is 1. The largest absolute Gasteiger partial charge is 0.388 e. The predicted octanol–water partition coefficient (Wildman–Crippen LogP) is 2.60. The first-order valence-corrected chi connectivity index (χ1v) is 6.77. The fourth-order valence-corrected chi connectivity index (χ4v) is 2.32. The van der Waals surface area contributed by atoms with E-state index in [0.717, 1.165) is 35.1 Å². The number of unbranched alkanes of at least 4 members (excludes halogenated alkanes) is 1. The van der Waals surface area contributed by atoms with Crippen molar-refractivity contribution in [2.24, 2.45) is 5.73 Å². The Kier molecular flexibility index (Phi) is 5.41. The summed E-state index contributed by atoms with van der Waals surface area (Å²) in [5.41, 5.74) is 8.58. The van der Waals surface area contributed by atoms with Crippen LogP contribution in [0.25, 0.3) is 0 Å². The van der Waals surface area contributed by atoms with E-state index in [1.165, 1.54) is 5.56 Å². The Labute approximate surface area is 107 Å². The van der Waals surface area contributed by atoms with Crippen molar-refractivity contribution in [3.05, 3.63) is 17.0 Å². The molecule has 0 radical (unpaired) electrons. The molecule has 94 valence electrons. The molecule has 1 heterocycles. The van der Waals surface area contributed by atoms with E-state index in [-0.39, 0.29) is 5.84 Å². The second-order valence-electron chi connectivity index (χ2n) is 4.13. The van der Waals surface area contributed by atoms with Gasteiger partial charge in [0.25, 0.3) is 0 Å². The van der Waals surface area contributed by atoms with Crippen LogP contribution in [0, 0.1) is 26.2 Å². The van der Waals surface area contributed by atoms with Gasteiger partial charge in [0.15, 0.2) is 5.16 Å². The summed E-state index contributed by atoms with van der Waals surface area (Å²) in [5, 5.41) is 7.98. The summed E-state index contributed by atoms with van der Waals surface area (Å²) in [6, 6.07) is 0. The Morgan fingerprint density at radius 2 is 1.76 bits per heavy atom. The standard InChI is InChI=1S/C12H20N4S/c1-8-9(2)15-12(16-10(8)3)17-7-5-4-6-11(13)14/h4-7H2,1-3H3,(H3,13,14). The summed E-state index contributed by atoms with van der Waals surface area (Å²) in [5.74, 6) is 1.25. The fourth-order valence-electron chi connectivity index (χ4n) is 1.39. The number of amidine groups is 1. The molecular weight excluding hydrogens is 232 g/mol. The number of rotatable bonds is 6. The third kappa shape index (κ3) is 4.73. The van der Waals surface area contributed by atoms with Gasteiger partial charge in [-0.15, -0.1) is 0 Å². The first-order chi connectivity index (χ1) is 8.00. The van der Waals surface area contributed by atoms with E-state index in [2.05, 4.69) is 9.97 Å². The van der Waals surface area contributed by atoms with Crippen LogP contribution in [-0.4, -0.2) is 21.6 Å². The molecule has 0 aromatic carbocycles. The highest BCUT2D eigenvalue weighted by Crippen LogP contribution is 2.18. The number of thioether (sulfide) groups is 1. The minimum atomic E-state index is 0.272. The highest BCUT2D eigenvalue weighted by atomic mass is 32.2. The predicted molar refractivity (Wildman–Crippen MR) is 72.7 cm³/mol. The van der Waals surface area contributed by atoms with Gasteiger partial charge >= 0.3 is 0 Å². The van der Waals surface area contributed by atoms with Crippen molar-refractivity contribution in [1.82, 2.24) is 9.97 Å². The zero-order chi connectivity index (χ0) is 12.8. The molecule has 0 saturated carbocycles. The van der Waals surface area contributed by atoms with E-state index >= 15 is 0 Å². The van der Waals surface area contributed by atoms with Crippen LogP contribution in [0.1, 0.15) is 36.2 Å². The highest BCUT2D eigenvalue weighted by Gasteiger charge is 2.04. The Bertz CT molecular complexity index is 380. The van der Waals surface area contributed by atoms with Gasteiger partial charge in [-0.25, -0.2) is 9.97 Å². The topological polar surface area (TPSA) is 75.7 Å². The number of nitrogens with two attached hydrogens (primary N) is 1. The normalized spacial score (nSPS) is 10.5. The molecule has 1 aromatic rings. The summed E-state index contributed by atoms with van der Waals surface area (Å²) < 4.78 is 0. The maximum atomic E-state index is 7.12. The van der Waals surface area contributed by atoms with Crippen LogP contribution in [0.2, 0.25) is 0 Å². The maximum absolute atomic E-state index is 7.12. The van der Waals surface area contributed by atoms with E-state index < -0.39 is 0 Å². The van der Waals surface area contributed by atoms with Crippen LogP contribution in [0.4, 0.5) is 0 Å². The minimum absolute atomic E-state index is 0.272. The summed E-state index contributed by atoms with van der Waals surface area (Å²) in [4.78, 5) is 8.90. The average molecular weight is 252 g/mol. The van der Waals surface area contributed by atoms with E-state index in [9.17, 15) is 0 Å². The molecule has 0 atom stereocenters. The van der Waals surface area contributed by atoms with E-state index in [4.69, 9.17) is 11.1 Å². The second kappa shape index (κ2) is 6.59. The molecule has 0 spiro atoms. The number of aryl methyl sites for hydroxylation is 2. The lowest BCUT2D eigenvalue weighted by Crippen LogP contribution is -2.08. The lowest BCUT2D eigenvalue weighted by Gasteiger charge is -2.06. The summed E-state index contributed by atoms with van der Waals surface area (Å²) in [6.45, 7) is 6.08. The second-order valence-corrected chi connectivity index (χ2v) is 5.19. The molecule has 0 aliphatic carbocycles. The van der Waals surface area contributed by atoms with Crippen LogP contribution in [0.5, 0.6) is 0 Å². The molecule has 0 saturated heterocycles. The minimum Gasteiger partial charge on any atom is -0.388 e. The first kappa shape index (κ1) is 14.0. The van der Waals surface area contributed by atoms with Gasteiger partial charge < -0.3 is 5.73 Å². The Morgan fingerprint density at radius 3 is 2.29 bits per heavy atom. The molecule has 4 nitrogen and oxygen atoms in total. The molecule has 1 aromatic heterocycles. The van der Waals surface area contributed by atoms with Gasteiger partial charge in [-0.05, 0) is 39.2 Å². The lowest BCUT2D eigenvalue weighted by molar-refractivity contribution is 0.829. The fraction of sp³-hybridized carbons (Fsp3) is 0.583. The number of aromatic nitrogens is 2. The number of hydrogen-bond donors (Lipinski definition) is 2. The van der Waals surface area contributed by atoms with Gasteiger partial charge in [0.05, 0.1) is 5.84 Å². The molecule has 0 aliphatic heterocycles. The van der Waals surface area contributed by atoms with Gasteiger partial charge in [0.2, 0.25) is 0 Å². The van der Waals surface area contributed by atoms with Crippen molar-refractivity contribution in [2.45, 2.75) is 45.2 Å². The van der Waals surface area contributed by atoms with Crippen LogP contribution in [0.3, 0.4) is 0 Å². The molecule has 0 bridgehead atoms. The Hall–Kier alpha value is -1.10. The van der Waals surface area contributed by atoms with Crippen LogP contribution in [0.15, 0.2) is 5.16 Å². The van der Waals surface area contributed by atoms with E-state index in [1.54, 1.807) is 11.8 Å². The summed E-state index contributed by atoms with van der Waals surface area (Å²) >= 11 is 1.68. The van der Waals surface area contributed by atoms with Gasteiger partial charge in [-0.2, -0.15) is 0 Å². The van der Waals surface area contributed by atoms with Crippen molar-refractivity contribution in [3.8, 4) is 0 Å². The smallest absolute Gasteiger partial charge is 0.187 e. The molecule has 0 amide bonds. The monoisotopic (exact) mass is 252 g/mol. The average Bonchev–Trinajstić information content (AvgIpc) is 2.25. The molecular formula is C12H20N4S. The zero-order valence-electron chi connectivity index (χ0n) is 10.7. The first-order valence-electron chi connectivity index (χ1n) is 5.78. The Balaban J connectivity index is 2.39. The molecule has 0 fully saturated rings. The van der Waals surface area contributed by atoms with Gasteiger partial charge in [-0.1, -0.05) is 11.8 Å². The van der Waals surface area contributed by atoms with Crippen molar-refractivity contribution in [3.63, 3.8) is 0 Å². The molecule has 0 unspecified atom stereocenters. The van der Waals surface area contributed by atoms with E-state index in [1.807, 2.05) is 20.8 Å². The van der Waals surface area contributed by atoms with Gasteiger partial charge in [-0.3, -0.25) is 5.41 Å². The number of hydrogen-bond acceptors (Lipinski definition) is 4. The van der Waals surface area contributed by atoms with Crippen molar-refractivity contribution in [1.29, 1.82) is 5.41 Å². The van der Waals surface area contributed by atoms with Crippen molar-refractivity contribution >= 4 is 17.6 Å². The van der Waals surface area contributed by atoms with E-state index in [0.29, 0.717) is 6.42 Å². The lowest BCUT2D eigenvalue weighted by atomic mass is 10.2. The van der Waals surface area contributed by atoms with Crippen LogP contribution in [-0.2, 0) is 0 Å². The SMILES string of the molecule is Cc1nc(SCCCCC(=N)N)nc(C)c1C. The third-order valence-corrected chi connectivity index (χ3v) is 3.62. The molecule has 3 N–H and O–H groups in total. The van der Waals surface area contributed by atoms with Crippen molar-refractivity contribution in [2.75, 3.05) is 5.75 Å². The summed E-state index contributed by atoms with van der Waals surface area (Å²) in [6.07, 6.45) is 2.69. The number of nitrogens with zero attached hydrogens (tertiary/aromatic N) is 2. The maximum Gasteiger partial charge on any atom is 0.187 e. The quantitative estimate of drug-likeness (QED) is 0.268. The van der Waals surface area contributed by atoms with Gasteiger partial charge in [0, 0.05) is 23.6 Å². The Morgan fingerprint density at radius 1 is 1.18 bits per heavy atom. The van der Waals surface area contributed by atoms with Gasteiger partial charge in [0.1, 0.15) is 0 Å². The molecule has 0 aliphatic rings. The molecule has 17 heavy (non-hydrogen) atoms.